The smallest absolute Gasteiger partial charge is 0.344 e. The summed E-state index contributed by atoms with van der Waals surface area (Å²) in [6, 6.07) is 2.77. The molecule has 5 atom stereocenters. The van der Waals surface area contributed by atoms with Gasteiger partial charge < -0.3 is 34.6 Å². The number of methoxy groups -OCH3 is 1. The average molecular weight is 383 g/mol. The summed E-state index contributed by atoms with van der Waals surface area (Å²) in [5.74, 6) is -1.08. The molecule has 1 aromatic rings. The van der Waals surface area contributed by atoms with E-state index in [1.807, 2.05) is 0 Å². The van der Waals surface area contributed by atoms with Gasteiger partial charge in [-0.15, -0.1) is 0 Å². The second kappa shape index (κ2) is 7.83. The lowest BCUT2D eigenvalue weighted by molar-refractivity contribution is -0.285. The lowest BCUT2D eigenvalue weighted by atomic mass is 9.99. The first kappa shape index (κ1) is 19.2. The number of aliphatic hydroxyl groups excluding tert-OH is 4. The maximum absolute atomic E-state index is 12.4. The summed E-state index contributed by atoms with van der Waals surface area (Å²) in [7, 11) is 1.28. The van der Waals surface area contributed by atoms with Crippen molar-refractivity contribution in [3.8, 4) is 5.75 Å². The van der Waals surface area contributed by atoms with E-state index in [9.17, 15) is 20.1 Å². The maximum atomic E-state index is 12.4. The molecule has 2 rings (SSSR count). The largest absolute Gasteiger partial charge is 0.494 e. The summed E-state index contributed by atoms with van der Waals surface area (Å²) in [6.45, 7) is -0.635. The van der Waals surface area contributed by atoms with Crippen LogP contribution in [0.25, 0.3) is 0 Å². The van der Waals surface area contributed by atoms with Crippen molar-refractivity contribution in [2.24, 2.45) is 0 Å². The van der Waals surface area contributed by atoms with Crippen molar-refractivity contribution < 1.29 is 39.4 Å². The number of hydrogen-bond acceptors (Lipinski definition) is 8. The van der Waals surface area contributed by atoms with Gasteiger partial charge in [0.15, 0.2) is 18.1 Å². The Labute approximate surface area is 147 Å². The van der Waals surface area contributed by atoms with Crippen LogP contribution in [0.5, 0.6) is 5.75 Å². The molecule has 1 fully saturated rings. The van der Waals surface area contributed by atoms with Crippen LogP contribution < -0.4 is 4.74 Å². The molecule has 1 aromatic carbocycles. The fourth-order valence-corrected chi connectivity index (χ4v) is 2.77. The van der Waals surface area contributed by atoms with Crippen LogP contribution in [0.2, 0.25) is 10.0 Å². The molecule has 1 saturated heterocycles. The molecular formula is C14H16Cl2O8. The number of carbonyl (C=O) groups excluding carboxylic acids is 1. The van der Waals surface area contributed by atoms with Gasteiger partial charge in [-0.1, -0.05) is 23.2 Å². The Morgan fingerprint density at radius 1 is 1.21 bits per heavy atom. The first-order valence-electron chi connectivity index (χ1n) is 6.85. The molecule has 0 bridgehead atoms. The van der Waals surface area contributed by atoms with Gasteiger partial charge in [-0.2, -0.15) is 0 Å². The van der Waals surface area contributed by atoms with E-state index in [4.69, 9.17) is 42.5 Å². The average Bonchev–Trinajstić information content (AvgIpc) is 2.56. The van der Waals surface area contributed by atoms with Crippen molar-refractivity contribution in [1.82, 2.24) is 0 Å². The fourth-order valence-electron chi connectivity index (χ4n) is 2.30. The minimum absolute atomic E-state index is 0.0178. The minimum Gasteiger partial charge on any atom is -0.494 e. The van der Waals surface area contributed by atoms with Gasteiger partial charge in [0.1, 0.15) is 23.9 Å². The van der Waals surface area contributed by atoms with Crippen molar-refractivity contribution in [1.29, 1.82) is 0 Å². The molecule has 1 heterocycles. The van der Waals surface area contributed by atoms with Crippen LogP contribution in [-0.4, -0.2) is 70.8 Å². The minimum atomic E-state index is -1.76. The predicted molar refractivity (Wildman–Crippen MR) is 82.2 cm³/mol. The monoisotopic (exact) mass is 382 g/mol. The third-order valence-corrected chi connectivity index (χ3v) is 4.17. The zero-order valence-corrected chi connectivity index (χ0v) is 13.9. The van der Waals surface area contributed by atoms with Crippen LogP contribution in [-0.2, 0) is 9.47 Å². The Bertz CT molecular complexity index is 611. The Morgan fingerprint density at radius 3 is 2.42 bits per heavy atom. The predicted octanol–water partition coefficient (Wildman–Crippen LogP) is -0.0413. The highest BCUT2D eigenvalue weighted by Crippen LogP contribution is 2.35. The molecule has 0 amide bonds. The van der Waals surface area contributed by atoms with Crippen molar-refractivity contribution >= 4 is 29.2 Å². The second-order valence-corrected chi connectivity index (χ2v) is 5.85. The Morgan fingerprint density at radius 2 is 1.83 bits per heavy atom. The highest BCUT2D eigenvalue weighted by Gasteiger charge is 2.46. The van der Waals surface area contributed by atoms with Gasteiger partial charge in [-0.05, 0) is 12.1 Å². The molecule has 0 aliphatic carbocycles. The van der Waals surface area contributed by atoms with Crippen LogP contribution in [0.4, 0.5) is 0 Å². The van der Waals surface area contributed by atoms with Crippen LogP contribution >= 0.6 is 23.2 Å². The van der Waals surface area contributed by atoms with E-state index in [-0.39, 0.29) is 21.4 Å². The number of rotatable bonds is 4. The molecule has 24 heavy (non-hydrogen) atoms. The molecule has 0 saturated carbocycles. The Kier molecular flexibility index (Phi) is 6.27. The molecule has 1 unspecified atom stereocenters. The van der Waals surface area contributed by atoms with Crippen molar-refractivity contribution in [3.05, 3.63) is 27.7 Å². The summed E-state index contributed by atoms with van der Waals surface area (Å²) >= 11 is 11.9. The number of benzene rings is 1. The van der Waals surface area contributed by atoms with E-state index < -0.39 is 43.3 Å². The number of halogens is 2. The van der Waals surface area contributed by atoms with Crippen molar-refractivity contribution in [3.63, 3.8) is 0 Å². The first-order valence-corrected chi connectivity index (χ1v) is 7.60. The molecule has 1 aliphatic rings. The summed E-state index contributed by atoms with van der Waals surface area (Å²) in [4.78, 5) is 12.4. The van der Waals surface area contributed by atoms with Crippen LogP contribution in [0, 0.1) is 0 Å². The number of carbonyl (C=O) groups is 1. The lowest BCUT2D eigenvalue weighted by Gasteiger charge is -2.39. The fraction of sp³-hybridized carbons (Fsp3) is 0.500. The van der Waals surface area contributed by atoms with E-state index in [0.29, 0.717) is 0 Å². The second-order valence-electron chi connectivity index (χ2n) is 5.04. The molecule has 10 heteroatoms. The van der Waals surface area contributed by atoms with Gasteiger partial charge in [0, 0.05) is 0 Å². The number of ether oxygens (including phenoxy) is 3. The quantitative estimate of drug-likeness (QED) is 0.534. The highest BCUT2D eigenvalue weighted by molar-refractivity contribution is 6.37. The molecule has 0 spiro atoms. The molecule has 0 aromatic heterocycles. The molecular weight excluding hydrogens is 367 g/mol. The van der Waals surface area contributed by atoms with Gasteiger partial charge >= 0.3 is 5.97 Å². The van der Waals surface area contributed by atoms with E-state index in [2.05, 4.69) is 0 Å². The summed E-state index contributed by atoms with van der Waals surface area (Å²) in [5, 5.41) is 38.7. The van der Waals surface area contributed by atoms with Crippen LogP contribution in [0.3, 0.4) is 0 Å². The number of esters is 1. The van der Waals surface area contributed by atoms with Gasteiger partial charge in [0.25, 0.3) is 0 Å². The van der Waals surface area contributed by atoms with Crippen molar-refractivity contribution in [2.75, 3.05) is 13.7 Å². The normalized spacial score (nSPS) is 30.0. The van der Waals surface area contributed by atoms with Crippen molar-refractivity contribution in [2.45, 2.75) is 30.7 Å². The summed E-state index contributed by atoms with van der Waals surface area (Å²) in [6.07, 6.45) is -7.82. The Hall–Kier alpha value is -1.13. The number of hydrogen-bond donors (Lipinski definition) is 4. The van der Waals surface area contributed by atoms with E-state index >= 15 is 0 Å². The topological polar surface area (TPSA) is 126 Å². The van der Waals surface area contributed by atoms with Crippen LogP contribution in [0.15, 0.2) is 12.1 Å². The van der Waals surface area contributed by atoms with Crippen LogP contribution in [0.1, 0.15) is 10.4 Å². The number of aliphatic hydroxyl groups is 4. The first-order chi connectivity index (χ1) is 11.3. The SMILES string of the molecule is COc1c(Cl)ccc(Cl)c1C(=O)O[C@H]1C(O)O[C@H](CO)[C@@H](O)[C@@H]1O. The Balaban J connectivity index is 2.25. The lowest BCUT2D eigenvalue weighted by Crippen LogP contribution is -2.59. The van der Waals surface area contributed by atoms with E-state index in [1.54, 1.807) is 0 Å². The molecule has 0 radical (unpaired) electrons. The highest BCUT2D eigenvalue weighted by atomic mass is 35.5. The zero-order chi connectivity index (χ0) is 18.0. The maximum Gasteiger partial charge on any atom is 0.344 e. The van der Waals surface area contributed by atoms with Gasteiger partial charge in [-0.25, -0.2) is 4.79 Å². The van der Waals surface area contributed by atoms with E-state index in [0.717, 1.165) is 0 Å². The van der Waals surface area contributed by atoms with Gasteiger partial charge in [0.2, 0.25) is 0 Å². The standard InChI is InChI=1S/C14H16Cl2O8/c1-22-11-6(16)3-2-5(15)8(11)13(20)24-12-10(19)9(18)7(4-17)23-14(12)21/h2-3,7,9-10,12,14,17-19,21H,4H2,1H3/t7-,9-,10+,12-,14?/m1/s1. The molecule has 8 nitrogen and oxygen atoms in total. The van der Waals surface area contributed by atoms with Gasteiger partial charge in [0.05, 0.1) is 23.8 Å². The molecule has 1 aliphatic heterocycles. The third kappa shape index (κ3) is 3.60. The zero-order valence-electron chi connectivity index (χ0n) is 12.4. The molecule has 4 N–H and O–H groups in total. The third-order valence-electron chi connectivity index (χ3n) is 3.55. The summed E-state index contributed by atoms with van der Waals surface area (Å²) in [5.41, 5.74) is -0.204. The van der Waals surface area contributed by atoms with E-state index in [1.165, 1.54) is 19.2 Å². The van der Waals surface area contributed by atoms with Gasteiger partial charge in [-0.3, -0.25) is 0 Å². The summed E-state index contributed by atoms with van der Waals surface area (Å²) < 4.78 is 14.9. The molecule has 134 valence electrons.